The van der Waals surface area contributed by atoms with Crippen molar-refractivity contribution < 1.29 is 9.90 Å². The normalized spacial score (nSPS) is 6.38. The van der Waals surface area contributed by atoms with Gasteiger partial charge in [0, 0.05) is 6.42 Å². The molecule has 0 aromatic carbocycles. The third-order valence-electron chi connectivity index (χ3n) is 0.464. The lowest BCUT2D eigenvalue weighted by atomic mass is 10.4. The Morgan fingerprint density at radius 1 is 1.62 bits per heavy atom. The molecule has 0 radical (unpaired) electrons. The fourth-order valence-corrected chi connectivity index (χ4v) is 0.214. The van der Waals surface area contributed by atoms with E-state index >= 15 is 0 Å². The van der Waals surface area contributed by atoms with Gasteiger partial charge in [-0.25, -0.2) is 0 Å². The number of hydrogen-bond acceptors (Lipinski definition) is 1. The Morgan fingerprint density at radius 3 is 2.00 bits per heavy atom. The molecule has 0 spiro atoms. The van der Waals surface area contributed by atoms with Crippen LogP contribution in [0, 0.1) is 12.8 Å². The molecule has 0 unspecified atom stereocenters. The molecule has 0 fully saturated rings. The minimum absolute atomic E-state index is 0.292. The molecule has 0 atom stereocenters. The maximum absolute atomic E-state index is 9.60. The van der Waals surface area contributed by atoms with Crippen molar-refractivity contribution in [2.24, 2.45) is 0 Å². The molecule has 0 saturated carbocycles. The van der Waals surface area contributed by atoms with Gasteiger partial charge in [0.25, 0.3) is 0 Å². The van der Waals surface area contributed by atoms with Crippen LogP contribution in [0.25, 0.3) is 0 Å². The van der Waals surface area contributed by atoms with E-state index in [1.807, 2.05) is 6.92 Å². The molecule has 0 aliphatic carbocycles. The van der Waals surface area contributed by atoms with E-state index in [0.29, 0.717) is 6.42 Å². The zero-order valence-electron chi connectivity index (χ0n) is 4.92. The number of hydrogen-bond donors (Lipinski definition) is 1. The smallest absolute Gasteiger partial charge is 0.303 e. The van der Waals surface area contributed by atoms with E-state index < -0.39 is 5.97 Å². The van der Waals surface area contributed by atoms with E-state index in [-0.39, 0.29) is 0 Å². The first-order valence-corrected chi connectivity index (χ1v) is 2.32. The highest BCUT2D eigenvalue weighted by Gasteiger charge is 1.87. The Balaban J connectivity index is 0. The van der Waals surface area contributed by atoms with Crippen LogP contribution in [-0.4, -0.2) is 11.1 Å². The van der Waals surface area contributed by atoms with Gasteiger partial charge in [-0.15, -0.1) is 12.8 Å². The second kappa shape index (κ2) is 9.39. The molecular formula is C6H10O2. The molecule has 0 aliphatic rings. The zero-order valence-corrected chi connectivity index (χ0v) is 4.92. The summed E-state index contributed by atoms with van der Waals surface area (Å²) in [5.41, 5.74) is 0. The molecule has 0 bridgehead atoms. The van der Waals surface area contributed by atoms with Crippen LogP contribution >= 0.6 is 0 Å². The van der Waals surface area contributed by atoms with Crippen LogP contribution in [-0.2, 0) is 4.79 Å². The summed E-state index contributed by atoms with van der Waals surface area (Å²) in [6, 6.07) is 0. The molecule has 0 amide bonds. The number of carbonyl (C=O) groups is 1. The average molecular weight is 114 g/mol. The highest BCUT2D eigenvalue weighted by Crippen LogP contribution is 1.82. The largest absolute Gasteiger partial charge is 0.481 e. The fourth-order valence-electron chi connectivity index (χ4n) is 0.214. The summed E-state index contributed by atoms with van der Waals surface area (Å²) in [6.45, 7) is 1.84. The van der Waals surface area contributed by atoms with Crippen LogP contribution in [0.4, 0.5) is 0 Å². The molecule has 2 heteroatoms. The van der Waals surface area contributed by atoms with Gasteiger partial charge in [-0.2, -0.15) is 0 Å². The average Bonchev–Trinajstić information content (AvgIpc) is 1.72. The predicted molar refractivity (Wildman–Crippen MR) is 32.4 cm³/mol. The van der Waals surface area contributed by atoms with Crippen molar-refractivity contribution in [3.63, 3.8) is 0 Å². The summed E-state index contributed by atoms with van der Waals surface area (Å²) >= 11 is 0. The molecule has 1 N–H and O–H groups in total. The molecular weight excluding hydrogens is 104 g/mol. The molecule has 0 saturated heterocycles. The Kier molecular flexibility index (Phi) is 11.9. The van der Waals surface area contributed by atoms with Crippen LogP contribution in [0.5, 0.6) is 0 Å². The van der Waals surface area contributed by atoms with E-state index in [9.17, 15) is 4.79 Å². The van der Waals surface area contributed by atoms with Gasteiger partial charge >= 0.3 is 5.97 Å². The van der Waals surface area contributed by atoms with E-state index in [0.717, 1.165) is 6.42 Å². The van der Waals surface area contributed by atoms with Crippen molar-refractivity contribution in [2.75, 3.05) is 0 Å². The Labute approximate surface area is 49.5 Å². The van der Waals surface area contributed by atoms with Crippen LogP contribution in [0.2, 0.25) is 0 Å². The predicted octanol–water partition coefficient (Wildman–Crippen LogP) is 1.12. The fraction of sp³-hybridized carbons (Fsp3) is 0.500. The van der Waals surface area contributed by atoms with E-state index in [2.05, 4.69) is 12.8 Å². The monoisotopic (exact) mass is 114 g/mol. The maximum Gasteiger partial charge on any atom is 0.303 e. The van der Waals surface area contributed by atoms with Gasteiger partial charge in [0.15, 0.2) is 0 Å². The second-order valence-electron chi connectivity index (χ2n) is 1.14. The quantitative estimate of drug-likeness (QED) is 0.546. The van der Waals surface area contributed by atoms with Crippen LogP contribution in [0.1, 0.15) is 19.8 Å². The lowest BCUT2D eigenvalue weighted by molar-refractivity contribution is -0.137. The lowest BCUT2D eigenvalue weighted by Gasteiger charge is -1.79. The standard InChI is InChI=1S/C4H8O2.C2H2/c1-2-3-4(5)6;1-2/h2-3H2,1H3,(H,5,6);1-2H. The summed E-state index contributed by atoms with van der Waals surface area (Å²) in [5, 5.41) is 7.91. The van der Waals surface area contributed by atoms with Gasteiger partial charge in [-0.05, 0) is 6.42 Å². The first-order valence-electron chi connectivity index (χ1n) is 2.32. The second-order valence-corrected chi connectivity index (χ2v) is 1.14. The molecule has 0 aromatic heterocycles. The topological polar surface area (TPSA) is 37.3 Å². The summed E-state index contributed by atoms with van der Waals surface area (Å²) in [5.74, 6) is -0.711. The number of carboxylic acids is 1. The van der Waals surface area contributed by atoms with Crippen molar-refractivity contribution in [2.45, 2.75) is 19.8 Å². The maximum atomic E-state index is 9.60. The number of rotatable bonds is 2. The minimum atomic E-state index is -0.711. The van der Waals surface area contributed by atoms with Gasteiger partial charge in [-0.3, -0.25) is 4.79 Å². The number of carboxylic acid groups (broad SMARTS) is 1. The summed E-state index contributed by atoms with van der Waals surface area (Å²) in [7, 11) is 0. The Morgan fingerprint density at radius 2 is 2.00 bits per heavy atom. The van der Waals surface area contributed by atoms with Crippen LogP contribution in [0.15, 0.2) is 0 Å². The molecule has 0 heterocycles. The van der Waals surface area contributed by atoms with Crippen LogP contribution in [0.3, 0.4) is 0 Å². The Bertz CT molecular complexity index is 73.8. The number of terminal acetylenes is 1. The lowest BCUT2D eigenvalue weighted by Crippen LogP contribution is -1.90. The molecule has 0 rings (SSSR count). The van der Waals surface area contributed by atoms with Gasteiger partial charge in [0.2, 0.25) is 0 Å². The highest BCUT2D eigenvalue weighted by atomic mass is 16.4. The first kappa shape index (κ1) is 10.1. The van der Waals surface area contributed by atoms with Gasteiger partial charge < -0.3 is 5.11 Å². The van der Waals surface area contributed by atoms with Crippen LogP contribution < -0.4 is 0 Å². The van der Waals surface area contributed by atoms with E-state index in [1.54, 1.807) is 0 Å². The first-order chi connectivity index (χ1) is 3.77. The summed E-state index contributed by atoms with van der Waals surface area (Å²) < 4.78 is 0. The van der Waals surface area contributed by atoms with E-state index in [1.165, 1.54) is 0 Å². The van der Waals surface area contributed by atoms with Gasteiger partial charge in [0.05, 0.1) is 0 Å². The van der Waals surface area contributed by atoms with Crippen molar-refractivity contribution in [1.29, 1.82) is 0 Å². The molecule has 0 aliphatic heterocycles. The molecule has 2 nitrogen and oxygen atoms in total. The van der Waals surface area contributed by atoms with Crippen molar-refractivity contribution in [1.82, 2.24) is 0 Å². The minimum Gasteiger partial charge on any atom is -0.481 e. The molecule has 8 heavy (non-hydrogen) atoms. The SMILES string of the molecule is C#C.CCCC(=O)O. The van der Waals surface area contributed by atoms with Crippen molar-refractivity contribution >= 4 is 5.97 Å². The van der Waals surface area contributed by atoms with Crippen molar-refractivity contribution in [3.8, 4) is 12.8 Å². The number of aliphatic carboxylic acids is 1. The highest BCUT2D eigenvalue weighted by molar-refractivity contribution is 5.66. The molecule has 46 valence electrons. The van der Waals surface area contributed by atoms with Crippen molar-refractivity contribution in [3.05, 3.63) is 0 Å². The zero-order chi connectivity index (χ0) is 6.99. The summed E-state index contributed by atoms with van der Waals surface area (Å²) in [4.78, 5) is 9.60. The summed E-state index contributed by atoms with van der Waals surface area (Å²) in [6.07, 6.45) is 9.02. The molecule has 0 aromatic rings. The third-order valence-corrected chi connectivity index (χ3v) is 0.464. The third kappa shape index (κ3) is 19.8. The van der Waals surface area contributed by atoms with Gasteiger partial charge in [0.1, 0.15) is 0 Å². The van der Waals surface area contributed by atoms with Gasteiger partial charge in [-0.1, -0.05) is 6.92 Å². The van der Waals surface area contributed by atoms with E-state index in [4.69, 9.17) is 5.11 Å². The Hall–Kier alpha value is -0.970.